The number of carboxylic acid groups (broad SMARTS) is 1. The maximum absolute atomic E-state index is 13.3. The second kappa shape index (κ2) is 5.76. The minimum Gasteiger partial charge on any atom is -0.480 e. The van der Waals surface area contributed by atoms with Gasteiger partial charge in [-0.25, -0.2) is 9.18 Å². The third kappa shape index (κ3) is 3.91. The molecular weight excluding hydrogens is 261 g/mol. The Bertz CT molecular complexity index is 534. The smallest absolute Gasteiger partial charge is 0.325 e. The Kier molecular flexibility index (Phi) is 4.35. The number of carbonyl (C=O) groups is 2. The number of hydrogen-bond donors (Lipinski definition) is 3. The number of nitrogens with one attached hydrogen (secondary N) is 2. The molecule has 0 unspecified atom stereocenters. The minimum absolute atomic E-state index is 0.400. The lowest BCUT2D eigenvalue weighted by molar-refractivity contribution is -0.384. The van der Waals surface area contributed by atoms with Gasteiger partial charge in [0, 0.05) is 12.1 Å². The number of benzene rings is 1. The summed E-state index contributed by atoms with van der Waals surface area (Å²) in [7, 11) is 0. The standard InChI is InChI=1S/C10H10FN3O5/c1-5(9(15)16)12-10(17)13-8-4-6(14(18)19)2-3-7(8)11/h2-5H,1H3,(H,15,16)(H2,12,13,17)/t5-/m0/s1. The van der Waals surface area contributed by atoms with Crippen molar-refractivity contribution in [3.05, 3.63) is 34.1 Å². The molecule has 0 heterocycles. The summed E-state index contributed by atoms with van der Waals surface area (Å²) >= 11 is 0. The summed E-state index contributed by atoms with van der Waals surface area (Å²) in [6, 6.07) is 0.448. The first-order valence-electron chi connectivity index (χ1n) is 5.05. The Morgan fingerprint density at radius 2 is 2.11 bits per heavy atom. The first kappa shape index (κ1) is 14.4. The fraction of sp³-hybridized carbons (Fsp3) is 0.200. The quantitative estimate of drug-likeness (QED) is 0.563. The molecular formula is C10H10FN3O5. The van der Waals surface area contributed by atoms with E-state index in [-0.39, 0.29) is 0 Å². The van der Waals surface area contributed by atoms with Gasteiger partial charge in [0.25, 0.3) is 5.69 Å². The number of urea groups is 1. The molecule has 0 saturated heterocycles. The highest BCUT2D eigenvalue weighted by Gasteiger charge is 2.16. The number of nitro benzene ring substituents is 1. The van der Waals surface area contributed by atoms with E-state index in [2.05, 4.69) is 0 Å². The van der Waals surface area contributed by atoms with Gasteiger partial charge in [-0.3, -0.25) is 14.9 Å². The highest BCUT2D eigenvalue weighted by molar-refractivity contribution is 5.92. The largest absolute Gasteiger partial charge is 0.480 e. The van der Waals surface area contributed by atoms with Crippen LogP contribution in [0.1, 0.15) is 6.92 Å². The lowest BCUT2D eigenvalue weighted by Crippen LogP contribution is -2.41. The zero-order valence-corrected chi connectivity index (χ0v) is 9.71. The zero-order valence-electron chi connectivity index (χ0n) is 9.71. The van der Waals surface area contributed by atoms with E-state index in [1.807, 2.05) is 10.6 Å². The van der Waals surface area contributed by atoms with Gasteiger partial charge in [-0.15, -0.1) is 0 Å². The molecule has 0 saturated carbocycles. The van der Waals surface area contributed by atoms with Crippen LogP contribution in [0.2, 0.25) is 0 Å². The molecule has 1 rings (SSSR count). The van der Waals surface area contributed by atoms with Gasteiger partial charge in [0.05, 0.1) is 10.6 Å². The van der Waals surface area contributed by atoms with Crippen molar-refractivity contribution in [1.29, 1.82) is 0 Å². The van der Waals surface area contributed by atoms with E-state index >= 15 is 0 Å². The molecule has 9 heteroatoms. The van der Waals surface area contributed by atoms with E-state index in [1.54, 1.807) is 0 Å². The molecule has 8 nitrogen and oxygen atoms in total. The van der Waals surface area contributed by atoms with E-state index in [0.717, 1.165) is 18.2 Å². The fourth-order valence-corrected chi connectivity index (χ4v) is 1.14. The molecule has 102 valence electrons. The van der Waals surface area contributed by atoms with Crippen LogP contribution in [0, 0.1) is 15.9 Å². The number of nitro groups is 1. The number of anilines is 1. The Morgan fingerprint density at radius 3 is 2.63 bits per heavy atom. The van der Waals surface area contributed by atoms with Crippen LogP contribution >= 0.6 is 0 Å². The molecule has 0 aliphatic carbocycles. The molecule has 1 aromatic carbocycles. The van der Waals surface area contributed by atoms with Gasteiger partial charge in [0.2, 0.25) is 0 Å². The van der Waals surface area contributed by atoms with Crippen LogP contribution in [0.4, 0.5) is 20.6 Å². The lowest BCUT2D eigenvalue weighted by Gasteiger charge is -2.11. The Labute approximate surface area is 106 Å². The summed E-state index contributed by atoms with van der Waals surface area (Å²) in [5, 5.41) is 23.1. The molecule has 0 bridgehead atoms. The van der Waals surface area contributed by atoms with E-state index < -0.39 is 40.2 Å². The van der Waals surface area contributed by atoms with E-state index in [9.17, 15) is 24.1 Å². The number of halogens is 1. The average Bonchev–Trinajstić information content (AvgIpc) is 2.31. The third-order valence-electron chi connectivity index (χ3n) is 2.13. The minimum atomic E-state index is -1.27. The molecule has 0 aliphatic rings. The molecule has 0 fully saturated rings. The van der Waals surface area contributed by atoms with Gasteiger partial charge in [0.1, 0.15) is 11.9 Å². The predicted octanol–water partition coefficient (Wildman–Crippen LogP) is 1.33. The summed E-state index contributed by atoms with van der Waals surface area (Å²) in [6.45, 7) is 1.21. The molecule has 1 aromatic rings. The van der Waals surface area contributed by atoms with Crippen molar-refractivity contribution >= 4 is 23.4 Å². The summed E-state index contributed by atoms with van der Waals surface area (Å²) < 4.78 is 13.3. The number of aliphatic carboxylic acids is 1. The number of amides is 2. The second-order valence-electron chi connectivity index (χ2n) is 3.58. The van der Waals surface area contributed by atoms with Gasteiger partial charge in [0.15, 0.2) is 0 Å². The topological polar surface area (TPSA) is 122 Å². The lowest BCUT2D eigenvalue weighted by atomic mass is 10.2. The van der Waals surface area contributed by atoms with E-state index in [4.69, 9.17) is 5.11 Å². The van der Waals surface area contributed by atoms with Gasteiger partial charge in [-0.1, -0.05) is 0 Å². The molecule has 2 amide bonds. The van der Waals surface area contributed by atoms with Crippen molar-refractivity contribution in [2.45, 2.75) is 13.0 Å². The van der Waals surface area contributed by atoms with Crippen LogP contribution in [0.25, 0.3) is 0 Å². The molecule has 0 aromatic heterocycles. The summed E-state index contributed by atoms with van der Waals surface area (Å²) in [6.07, 6.45) is 0. The molecule has 0 spiro atoms. The number of carboxylic acids is 1. The van der Waals surface area contributed by atoms with Gasteiger partial charge >= 0.3 is 12.0 Å². The van der Waals surface area contributed by atoms with E-state index in [0.29, 0.717) is 0 Å². The maximum Gasteiger partial charge on any atom is 0.325 e. The van der Waals surface area contributed by atoms with Crippen molar-refractivity contribution in [3.8, 4) is 0 Å². The van der Waals surface area contributed by atoms with Gasteiger partial charge in [-0.05, 0) is 13.0 Å². The number of rotatable bonds is 4. The summed E-state index contributed by atoms with van der Waals surface area (Å²) in [4.78, 5) is 31.6. The van der Waals surface area contributed by atoms with Crippen molar-refractivity contribution in [2.75, 3.05) is 5.32 Å². The molecule has 1 atom stereocenters. The summed E-state index contributed by atoms with van der Waals surface area (Å²) in [5.41, 5.74) is -0.813. The van der Waals surface area contributed by atoms with Crippen LogP contribution < -0.4 is 10.6 Å². The Hall–Kier alpha value is -2.71. The molecule has 19 heavy (non-hydrogen) atoms. The normalized spacial score (nSPS) is 11.5. The van der Waals surface area contributed by atoms with Gasteiger partial charge < -0.3 is 15.7 Å². The Balaban J connectivity index is 2.81. The molecule has 3 N–H and O–H groups in total. The first-order valence-corrected chi connectivity index (χ1v) is 5.05. The average molecular weight is 271 g/mol. The van der Waals surface area contributed by atoms with Crippen LogP contribution in [-0.2, 0) is 4.79 Å². The van der Waals surface area contributed by atoms with Crippen molar-refractivity contribution in [3.63, 3.8) is 0 Å². The van der Waals surface area contributed by atoms with Crippen LogP contribution in [0.15, 0.2) is 18.2 Å². The van der Waals surface area contributed by atoms with Crippen LogP contribution in [-0.4, -0.2) is 28.1 Å². The SMILES string of the molecule is C[C@H](NC(=O)Nc1cc([N+](=O)[O-])ccc1F)C(=O)O. The highest BCUT2D eigenvalue weighted by atomic mass is 19.1. The van der Waals surface area contributed by atoms with Crippen molar-refractivity contribution < 1.29 is 24.0 Å². The van der Waals surface area contributed by atoms with Crippen LogP contribution in [0.5, 0.6) is 0 Å². The highest BCUT2D eigenvalue weighted by Crippen LogP contribution is 2.20. The summed E-state index contributed by atoms with van der Waals surface area (Å²) in [5.74, 6) is -2.14. The van der Waals surface area contributed by atoms with Gasteiger partial charge in [-0.2, -0.15) is 0 Å². The number of non-ortho nitro benzene ring substituents is 1. The Morgan fingerprint density at radius 1 is 1.47 bits per heavy atom. The number of nitrogens with zero attached hydrogens (tertiary/aromatic N) is 1. The third-order valence-corrected chi connectivity index (χ3v) is 2.13. The zero-order chi connectivity index (χ0) is 14.6. The van der Waals surface area contributed by atoms with E-state index in [1.165, 1.54) is 6.92 Å². The monoisotopic (exact) mass is 271 g/mol. The van der Waals surface area contributed by atoms with Crippen LogP contribution in [0.3, 0.4) is 0 Å². The van der Waals surface area contributed by atoms with Crippen molar-refractivity contribution in [1.82, 2.24) is 5.32 Å². The predicted molar refractivity (Wildman–Crippen MR) is 62.3 cm³/mol. The second-order valence-corrected chi connectivity index (χ2v) is 3.58. The first-order chi connectivity index (χ1) is 8.81. The maximum atomic E-state index is 13.3. The number of hydrogen-bond acceptors (Lipinski definition) is 4. The number of carbonyl (C=O) groups excluding carboxylic acids is 1. The fourth-order valence-electron chi connectivity index (χ4n) is 1.14. The molecule has 0 radical (unpaired) electrons. The molecule has 0 aliphatic heterocycles. The van der Waals surface area contributed by atoms with Crippen molar-refractivity contribution in [2.24, 2.45) is 0 Å².